The molecule has 2 heterocycles. The average Bonchev–Trinajstić information content (AvgIpc) is 2.93. The van der Waals surface area contributed by atoms with Crippen molar-refractivity contribution in [3.63, 3.8) is 0 Å². The number of nitrogens with one attached hydrogen (secondary N) is 1. The number of alkyl carbamates (subject to hydrolysis) is 1. The van der Waals surface area contributed by atoms with E-state index in [0.717, 1.165) is 16.7 Å². The predicted molar refractivity (Wildman–Crippen MR) is 73.9 cm³/mol. The minimum atomic E-state index is -0.393. The van der Waals surface area contributed by atoms with Crippen molar-refractivity contribution in [2.24, 2.45) is 0 Å². The van der Waals surface area contributed by atoms with Gasteiger partial charge in [-0.1, -0.05) is 30.0 Å². The summed E-state index contributed by atoms with van der Waals surface area (Å²) in [7, 11) is 0. The Morgan fingerprint density at radius 1 is 1.15 bits per heavy atom. The molecule has 1 atom stereocenters. The van der Waals surface area contributed by atoms with Crippen molar-refractivity contribution in [1.82, 2.24) is 10.3 Å². The zero-order valence-corrected chi connectivity index (χ0v) is 10.7. The lowest BCUT2D eigenvalue weighted by atomic mass is 10.1. The first-order valence-corrected chi connectivity index (χ1v) is 6.26. The Kier molecular flexibility index (Phi) is 3.34. The number of pyridine rings is 1. The van der Waals surface area contributed by atoms with Crippen LogP contribution >= 0.6 is 0 Å². The van der Waals surface area contributed by atoms with Gasteiger partial charge in [0.2, 0.25) is 0 Å². The fraction of sp³-hybridized carbons (Fsp3) is 0.125. The maximum atomic E-state index is 11.0. The van der Waals surface area contributed by atoms with E-state index >= 15 is 0 Å². The number of rotatable bonds is 1. The number of cyclic esters (lactones) is 1. The van der Waals surface area contributed by atoms with Crippen molar-refractivity contribution in [1.29, 1.82) is 0 Å². The second kappa shape index (κ2) is 5.45. The van der Waals surface area contributed by atoms with Crippen LogP contribution in [0, 0.1) is 11.8 Å². The van der Waals surface area contributed by atoms with Gasteiger partial charge in [-0.05, 0) is 23.8 Å². The van der Waals surface area contributed by atoms with E-state index in [1.165, 1.54) is 0 Å². The Hall–Kier alpha value is -2.80. The van der Waals surface area contributed by atoms with Gasteiger partial charge >= 0.3 is 6.09 Å². The Labute approximate surface area is 116 Å². The topological polar surface area (TPSA) is 51.2 Å². The first-order valence-electron chi connectivity index (χ1n) is 6.26. The number of amides is 1. The summed E-state index contributed by atoms with van der Waals surface area (Å²) in [6.07, 6.45) is 3.03. The number of carbonyl (C=O) groups is 1. The molecule has 1 fully saturated rings. The van der Waals surface area contributed by atoms with Crippen molar-refractivity contribution in [2.75, 3.05) is 6.61 Å². The zero-order valence-electron chi connectivity index (χ0n) is 10.7. The highest BCUT2D eigenvalue weighted by molar-refractivity contribution is 5.70. The van der Waals surface area contributed by atoms with Crippen LogP contribution in [0.1, 0.15) is 22.7 Å². The molecule has 1 aliphatic rings. The summed E-state index contributed by atoms with van der Waals surface area (Å²) in [5.74, 6) is 6.15. The SMILES string of the molecule is O=C1NC(c2cncc(C#Cc3ccccc3)c2)CO1. The molecular formula is C16H12N2O2. The molecule has 1 saturated heterocycles. The first-order chi connectivity index (χ1) is 9.81. The van der Waals surface area contributed by atoms with Crippen LogP contribution in [0.25, 0.3) is 0 Å². The van der Waals surface area contributed by atoms with Gasteiger partial charge in [0.25, 0.3) is 0 Å². The van der Waals surface area contributed by atoms with E-state index in [1.54, 1.807) is 12.4 Å². The van der Waals surface area contributed by atoms with Gasteiger partial charge in [-0.3, -0.25) is 4.98 Å². The zero-order chi connectivity index (χ0) is 13.8. The predicted octanol–water partition coefficient (Wildman–Crippen LogP) is 2.26. The monoisotopic (exact) mass is 264 g/mol. The molecular weight excluding hydrogens is 252 g/mol. The van der Waals surface area contributed by atoms with Gasteiger partial charge in [-0.15, -0.1) is 0 Å². The molecule has 1 aromatic heterocycles. The van der Waals surface area contributed by atoms with Crippen molar-refractivity contribution >= 4 is 6.09 Å². The Balaban J connectivity index is 1.82. The van der Waals surface area contributed by atoms with Gasteiger partial charge in [0.1, 0.15) is 6.61 Å². The number of aromatic nitrogens is 1. The molecule has 0 spiro atoms. The number of nitrogens with zero attached hydrogens (tertiary/aromatic N) is 1. The third-order valence-corrected chi connectivity index (χ3v) is 2.96. The molecule has 1 N–H and O–H groups in total. The van der Waals surface area contributed by atoms with Gasteiger partial charge in [-0.25, -0.2) is 4.79 Å². The molecule has 2 aromatic rings. The standard InChI is InChI=1S/C16H12N2O2/c19-16-18-15(11-20-16)14-8-13(9-17-10-14)7-6-12-4-2-1-3-5-12/h1-5,8-10,15H,11H2,(H,18,19). The normalized spacial score (nSPS) is 16.8. The smallest absolute Gasteiger partial charge is 0.407 e. The van der Waals surface area contributed by atoms with E-state index in [9.17, 15) is 4.79 Å². The average molecular weight is 264 g/mol. The number of ether oxygens (including phenoxy) is 1. The molecule has 1 aliphatic heterocycles. The minimum absolute atomic E-state index is 0.145. The largest absolute Gasteiger partial charge is 0.447 e. The van der Waals surface area contributed by atoms with Crippen LogP contribution < -0.4 is 5.32 Å². The highest BCUT2D eigenvalue weighted by Gasteiger charge is 2.23. The lowest BCUT2D eigenvalue weighted by Gasteiger charge is -2.06. The van der Waals surface area contributed by atoms with E-state index in [0.29, 0.717) is 6.61 Å². The molecule has 0 aliphatic carbocycles. The Bertz CT molecular complexity index is 686. The maximum absolute atomic E-state index is 11.0. The van der Waals surface area contributed by atoms with Crippen LogP contribution in [0.15, 0.2) is 48.8 Å². The third kappa shape index (κ3) is 2.78. The van der Waals surface area contributed by atoms with Crippen LogP contribution in [-0.4, -0.2) is 17.7 Å². The van der Waals surface area contributed by atoms with E-state index < -0.39 is 6.09 Å². The summed E-state index contributed by atoms with van der Waals surface area (Å²) >= 11 is 0. The third-order valence-electron chi connectivity index (χ3n) is 2.96. The Morgan fingerprint density at radius 3 is 2.70 bits per heavy atom. The quantitative estimate of drug-likeness (QED) is 0.804. The molecule has 3 rings (SSSR count). The van der Waals surface area contributed by atoms with Crippen LogP contribution in [0.2, 0.25) is 0 Å². The van der Waals surface area contributed by atoms with Crippen LogP contribution in [0.4, 0.5) is 4.79 Å². The van der Waals surface area contributed by atoms with E-state index in [2.05, 4.69) is 22.1 Å². The molecule has 20 heavy (non-hydrogen) atoms. The van der Waals surface area contributed by atoms with Crippen molar-refractivity contribution in [3.8, 4) is 11.8 Å². The van der Waals surface area contributed by atoms with Crippen molar-refractivity contribution < 1.29 is 9.53 Å². The van der Waals surface area contributed by atoms with Crippen molar-refractivity contribution in [3.05, 3.63) is 65.5 Å². The summed E-state index contributed by atoms with van der Waals surface area (Å²) in [6.45, 7) is 0.329. The fourth-order valence-electron chi connectivity index (χ4n) is 1.95. The van der Waals surface area contributed by atoms with Gasteiger partial charge in [0.15, 0.2) is 0 Å². The summed E-state index contributed by atoms with van der Waals surface area (Å²) < 4.78 is 4.88. The minimum Gasteiger partial charge on any atom is -0.447 e. The second-order valence-corrected chi connectivity index (χ2v) is 4.42. The lowest BCUT2D eigenvalue weighted by Crippen LogP contribution is -2.18. The fourth-order valence-corrected chi connectivity index (χ4v) is 1.95. The molecule has 0 saturated carbocycles. The number of carbonyl (C=O) groups excluding carboxylic acids is 1. The van der Waals surface area contributed by atoms with Crippen LogP contribution in [0.3, 0.4) is 0 Å². The summed E-state index contributed by atoms with van der Waals surface area (Å²) in [5.41, 5.74) is 2.67. The van der Waals surface area contributed by atoms with Crippen molar-refractivity contribution in [2.45, 2.75) is 6.04 Å². The molecule has 4 nitrogen and oxygen atoms in total. The molecule has 0 bridgehead atoms. The number of hydrogen-bond donors (Lipinski definition) is 1. The van der Waals surface area contributed by atoms with E-state index in [4.69, 9.17) is 4.74 Å². The first kappa shape index (κ1) is 12.2. The molecule has 1 aromatic carbocycles. The van der Waals surface area contributed by atoms with Crippen LogP contribution in [-0.2, 0) is 4.74 Å². The summed E-state index contributed by atoms with van der Waals surface area (Å²) in [4.78, 5) is 15.2. The summed E-state index contributed by atoms with van der Waals surface area (Å²) in [5, 5.41) is 2.72. The Morgan fingerprint density at radius 2 is 1.95 bits per heavy atom. The molecule has 1 amide bonds. The lowest BCUT2D eigenvalue weighted by molar-refractivity contribution is 0.177. The second-order valence-electron chi connectivity index (χ2n) is 4.42. The summed E-state index contributed by atoms with van der Waals surface area (Å²) in [6, 6.07) is 11.5. The van der Waals surface area contributed by atoms with Gasteiger partial charge in [0.05, 0.1) is 6.04 Å². The maximum Gasteiger partial charge on any atom is 0.407 e. The molecule has 4 heteroatoms. The highest BCUT2D eigenvalue weighted by Crippen LogP contribution is 2.17. The number of benzene rings is 1. The van der Waals surface area contributed by atoms with Gasteiger partial charge < -0.3 is 10.1 Å². The van der Waals surface area contributed by atoms with Gasteiger partial charge in [0, 0.05) is 23.5 Å². The number of hydrogen-bond acceptors (Lipinski definition) is 3. The highest BCUT2D eigenvalue weighted by atomic mass is 16.6. The van der Waals surface area contributed by atoms with E-state index in [1.807, 2.05) is 36.4 Å². The van der Waals surface area contributed by atoms with E-state index in [-0.39, 0.29) is 6.04 Å². The van der Waals surface area contributed by atoms with Gasteiger partial charge in [-0.2, -0.15) is 0 Å². The molecule has 1 unspecified atom stereocenters. The molecule has 98 valence electrons. The molecule has 0 radical (unpaired) electrons. The van der Waals surface area contributed by atoms with Crippen LogP contribution in [0.5, 0.6) is 0 Å².